The highest BCUT2D eigenvalue weighted by molar-refractivity contribution is 5.92. The highest BCUT2D eigenvalue weighted by Crippen LogP contribution is 2.25. The van der Waals surface area contributed by atoms with E-state index >= 15 is 0 Å². The van der Waals surface area contributed by atoms with Gasteiger partial charge in [-0.3, -0.25) is 0 Å². The van der Waals surface area contributed by atoms with Gasteiger partial charge in [0.25, 0.3) is 0 Å². The first kappa shape index (κ1) is 13.4. The van der Waals surface area contributed by atoms with E-state index in [1.165, 1.54) is 30.4 Å². The van der Waals surface area contributed by atoms with Gasteiger partial charge in [-0.05, 0) is 48.9 Å². The van der Waals surface area contributed by atoms with Crippen LogP contribution >= 0.6 is 0 Å². The van der Waals surface area contributed by atoms with Gasteiger partial charge in [0.15, 0.2) is 5.96 Å². The summed E-state index contributed by atoms with van der Waals surface area (Å²) >= 11 is 0. The van der Waals surface area contributed by atoms with Crippen molar-refractivity contribution in [3.63, 3.8) is 0 Å². The zero-order valence-corrected chi connectivity index (χ0v) is 12.6. The molecule has 0 saturated carbocycles. The van der Waals surface area contributed by atoms with Crippen molar-refractivity contribution in [2.45, 2.75) is 44.7 Å². The number of nitrogens with two attached hydrogens (primary N) is 1. The lowest BCUT2D eigenvalue weighted by Crippen LogP contribution is -2.29. The second-order valence-electron chi connectivity index (χ2n) is 6.16. The number of aryl methyl sites for hydroxylation is 3. The fourth-order valence-electron chi connectivity index (χ4n) is 3.47. The Bertz CT molecular complexity index is 716. The minimum Gasteiger partial charge on any atom is -0.370 e. The molecule has 1 aliphatic carbocycles. The van der Waals surface area contributed by atoms with Gasteiger partial charge in [0, 0.05) is 31.0 Å². The molecular formula is C17H21N5. The predicted octanol–water partition coefficient (Wildman–Crippen LogP) is 2.11. The fourth-order valence-corrected chi connectivity index (χ4v) is 3.47. The minimum atomic E-state index is 0.219. The van der Waals surface area contributed by atoms with Gasteiger partial charge in [0.2, 0.25) is 0 Å². The van der Waals surface area contributed by atoms with E-state index in [0.29, 0.717) is 5.96 Å². The van der Waals surface area contributed by atoms with Crippen LogP contribution in [0, 0.1) is 0 Å². The van der Waals surface area contributed by atoms with Crippen molar-refractivity contribution < 1.29 is 0 Å². The molecule has 1 unspecified atom stereocenters. The Kier molecular flexibility index (Phi) is 3.33. The first-order chi connectivity index (χ1) is 10.8. The van der Waals surface area contributed by atoms with Gasteiger partial charge in [0.1, 0.15) is 5.82 Å². The molecule has 114 valence electrons. The summed E-state index contributed by atoms with van der Waals surface area (Å²) in [5.74, 6) is 1.60. The monoisotopic (exact) mass is 295 g/mol. The van der Waals surface area contributed by atoms with Crippen LogP contribution in [0.1, 0.15) is 29.8 Å². The van der Waals surface area contributed by atoms with Gasteiger partial charge >= 0.3 is 0 Å². The number of benzene rings is 1. The lowest BCUT2D eigenvalue weighted by atomic mass is 10.1. The van der Waals surface area contributed by atoms with Gasteiger partial charge < -0.3 is 15.6 Å². The molecule has 2 aliphatic rings. The summed E-state index contributed by atoms with van der Waals surface area (Å²) in [4.78, 5) is 9.00. The lowest BCUT2D eigenvalue weighted by Gasteiger charge is -2.20. The number of aromatic nitrogens is 2. The average Bonchev–Trinajstić information content (AvgIpc) is 3.14. The summed E-state index contributed by atoms with van der Waals surface area (Å²) < 4.78 is 2.19. The third-order valence-electron chi connectivity index (χ3n) is 4.62. The number of anilines is 1. The molecule has 22 heavy (non-hydrogen) atoms. The Labute approximate surface area is 130 Å². The molecule has 0 spiro atoms. The molecule has 2 aromatic rings. The van der Waals surface area contributed by atoms with Crippen LogP contribution in [0.5, 0.6) is 0 Å². The number of nitrogens with one attached hydrogen (secondary N) is 1. The van der Waals surface area contributed by atoms with Crippen LogP contribution in [-0.2, 0) is 25.8 Å². The number of fused-ring (bicyclic) bond motifs is 2. The largest absolute Gasteiger partial charge is 0.370 e. The first-order valence-electron chi connectivity index (χ1n) is 8.00. The van der Waals surface area contributed by atoms with Crippen LogP contribution in [0.4, 0.5) is 5.69 Å². The molecule has 0 saturated heterocycles. The van der Waals surface area contributed by atoms with Gasteiger partial charge in [-0.2, -0.15) is 0 Å². The van der Waals surface area contributed by atoms with Crippen molar-refractivity contribution in [1.29, 1.82) is 0 Å². The lowest BCUT2D eigenvalue weighted by molar-refractivity contribution is 0.465. The molecule has 1 aromatic carbocycles. The second kappa shape index (κ2) is 5.48. The van der Waals surface area contributed by atoms with Crippen molar-refractivity contribution in [2.24, 2.45) is 10.7 Å². The molecule has 1 aliphatic heterocycles. The number of rotatable bonds is 2. The number of imidazole rings is 1. The third kappa shape index (κ3) is 2.58. The van der Waals surface area contributed by atoms with E-state index in [4.69, 9.17) is 5.73 Å². The number of hydrogen-bond acceptors (Lipinski definition) is 2. The summed E-state index contributed by atoms with van der Waals surface area (Å²) in [6.45, 7) is 0.968. The summed E-state index contributed by atoms with van der Waals surface area (Å²) in [5.41, 5.74) is 10.0. The number of aliphatic imine (C=N–C) groups is 1. The third-order valence-corrected chi connectivity index (χ3v) is 4.62. The van der Waals surface area contributed by atoms with Crippen LogP contribution in [0.2, 0.25) is 0 Å². The summed E-state index contributed by atoms with van der Waals surface area (Å²) in [7, 11) is 0. The Morgan fingerprint density at radius 1 is 1.32 bits per heavy atom. The first-order valence-corrected chi connectivity index (χ1v) is 8.00. The van der Waals surface area contributed by atoms with Gasteiger partial charge in [-0.15, -0.1) is 0 Å². The molecular weight excluding hydrogens is 274 g/mol. The Balaban J connectivity index is 1.45. The number of nitrogens with zero attached hydrogens (tertiary/aromatic N) is 3. The van der Waals surface area contributed by atoms with Crippen LogP contribution in [0.15, 0.2) is 35.6 Å². The standard InChI is InChI=1S/C17H21N5/c18-17(20-14-5-4-12-2-1-3-13(12)10-14)21-15-6-8-22-9-7-19-16(22)11-15/h4-5,7,9-10,15H,1-3,6,8,11H2,(H3,18,20,21). The highest BCUT2D eigenvalue weighted by Gasteiger charge is 2.18. The van der Waals surface area contributed by atoms with Crippen molar-refractivity contribution in [3.8, 4) is 0 Å². The SMILES string of the molecule is NC(=NC1CCn2ccnc2C1)Nc1ccc2c(c1)CCC2. The highest BCUT2D eigenvalue weighted by atomic mass is 15.1. The molecule has 2 heterocycles. The maximum atomic E-state index is 6.09. The summed E-state index contributed by atoms with van der Waals surface area (Å²) in [6, 6.07) is 6.73. The fraction of sp³-hybridized carbons (Fsp3) is 0.412. The Hall–Kier alpha value is -2.30. The summed E-state index contributed by atoms with van der Waals surface area (Å²) in [6.07, 6.45) is 9.39. The zero-order chi connectivity index (χ0) is 14.9. The molecule has 0 bridgehead atoms. The summed E-state index contributed by atoms with van der Waals surface area (Å²) in [5, 5.41) is 3.24. The zero-order valence-electron chi connectivity index (χ0n) is 12.6. The molecule has 4 rings (SSSR count). The molecule has 1 aromatic heterocycles. The van der Waals surface area contributed by atoms with E-state index in [1.807, 2.05) is 12.4 Å². The van der Waals surface area contributed by atoms with Crippen LogP contribution < -0.4 is 11.1 Å². The van der Waals surface area contributed by atoms with Crippen molar-refractivity contribution in [1.82, 2.24) is 9.55 Å². The molecule has 0 amide bonds. The molecule has 3 N–H and O–H groups in total. The smallest absolute Gasteiger partial charge is 0.193 e. The normalized spacial score (nSPS) is 20.5. The van der Waals surface area contributed by atoms with E-state index in [-0.39, 0.29) is 6.04 Å². The van der Waals surface area contributed by atoms with E-state index in [9.17, 15) is 0 Å². The van der Waals surface area contributed by atoms with Crippen molar-refractivity contribution in [2.75, 3.05) is 5.32 Å². The molecule has 5 heteroatoms. The average molecular weight is 295 g/mol. The maximum Gasteiger partial charge on any atom is 0.193 e. The molecule has 0 radical (unpaired) electrons. The Morgan fingerprint density at radius 3 is 3.18 bits per heavy atom. The van der Waals surface area contributed by atoms with Crippen LogP contribution in [0.3, 0.4) is 0 Å². The van der Waals surface area contributed by atoms with Crippen molar-refractivity contribution >= 4 is 11.6 Å². The minimum absolute atomic E-state index is 0.219. The van der Waals surface area contributed by atoms with E-state index in [1.54, 1.807) is 0 Å². The molecule has 5 nitrogen and oxygen atoms in total. The van der Waals surface area contributed by atoms with E-state index < -0.39 is 0 Å². The van der Waals surface area contributed by atoms with Gasteiger partial charge in [0.05, 0.1) is 6.04 Å². The van der Waals surface area contributed by atoms with Gasteiger partial charge in [-0.25, -0.2) is 9.98 Å². The topological polar surface area (TPSA) is 68.2 Å². The Morgan fingerprint density at radius 2 is 2.23 bits per heavy atom. The quantitative estimate of drug-likeness (QED) is 0.658. The predicted molar refractivity (Wildman–Crippen MR) is 88.0 cm³/mol. The second-order valence-corrected chi connectivity index (χ2v) is 6.16. The maximum absolute atomic E-state index is 6.09. The van der Waals surface area contributed by atoms with Crippen molar-refractivity contribution in [3.05, 3.63) is 47.5 Å². The molecule has 1 atom stereocenters. The van der Waals surface area contributed by atoms with Crippen LogP contribution in [0.25, 0.3) is 0 Å². The van der Waals surface area contributed by atoms with Crippen LogP contribution in [-0.4, -0.2) is 21.6 Å². The number of hydrogen-bond donors (Lipinski definition) is 2. The van der Waals surface area contributed by atoms with E-state index in [0.717, 1.165) is 30.9 Å². The number of guanidine groups is 1. The van der Waals surface area contributed by atoms with Gasteiger partial charge in [-0.1, -0.05) is 6.07 Å². The van der Waals surface area contributed by atoms with E-state index in [2.05, 4.69) is 38.1 Å². The molecule has 0 fully saturated rings.